The van der Waals surface area contributed by atoms with E-state index >= 15 is 0 Å². The van der Waals surface area contributed by atoms with Crippen molar-refractivity contribution in [1.82, 2.24) is 0 Å². The number of hydrogen-bond donors (Lipinski definition) is 0. The van der Waals surface area contributed by atoms with Crippen LogP contribution in [0.2, 0.25) is 5.04 Å². The average molecular weight is 659 g/mol. The van der Waals surface area contributed by atoms with Crippen molar-refractivity contribution in [2.45, 2.75) is 111 Å². The van der Waals surface area contributed by atoms with E-state index in [0.29, 0.717) is 17.3 Å². The van der Waals surface area contributed by atoms with Gasteiger partial charge in [-0.3, -0.25) is 4.79 Å². The molecule has 0 heterocycles. The van der Waals surface area contributed by atoms with E-state index in [9.17, 15) is 9.59 Å². The Bertz CT molecular complexity index is 1370. The quantitative estimate of drug-likeness (QED) is 0.0990. The maximum atomic E-state index is 13.0. The molecule has 47 heavy (non-hydrogen) atoms. The topological polar surface area (TPSA) is 61.8 Å². The van der Waals surface area contributed by atoms with Crippen molar-refractivity contribution < 1.29 is 23.5 Å². The summed E-state index contributed by atoms with van der Waals surface area (Å²) in [6, 6.07) is 20.6. The molecule has 2 fully saturated rings. The van der Waals surface area contributed by atoms with Crippen LogP contribution in [0.1, 0.15) is 100 Å². The summed E-state index contributed by atoms with van der Waals surface area (Å²) in [4.78, 5) is 25.2. The lowest BCUT2D eigenvalue weighted by molar-refractivity contribution is -0.156. The summed E-state index contributed by atoms with van der Waals surface area (Å²) in [6.45, 7) is 21.9. The molecule has 4 rings (SSSR count). The third-order valence-electron chi connectivity index (χ3n) is 11.2. The molecule has 2 aromatic carbocycles. The maximum absolute atomic E-state index is 13.0. The van der Waals surface area contributed by atoms with Gasteiger partial charge in [-0.05, 0) is 83.5 Å². The fraction of sp³-hybridized carbons (Fsp3) is 0.561. The Balaban J connectivity index is 1.44. The lowest BCUT2D eigenvalue weighted by Gasteiger charge is -2.58. The van der Waals surface area contributed by atoms with Crippen molar-refractivity contribution in [2.24, 2.45) is 22.7 Å². The molecule has 256 valence electrons. The molecule has 0 amide bonds. The highest BCUT2D eigenvalue weighted by molar-refractivity contribution is 6.99. The minimum atomic E-state index is -2.86. The summed E-state index contributed by atoms with van der Waals surface area (Å²) in [6.07, 6.45) is 8.86. The van der Waals surface area contributed by atoms with Crippen LogP contribution < -0.4 is 10.4 Å². The molecule has 2 aliphatic carbocycles. The maximum Gasteiger partial charge on any atom is 0.330 e. The van der Waals surface area contributed by atoms with Crippen molar-refractivity contribution >= 4 is 30.6 Å². The van der Waals surface area contributed by atoms with Gasteiger partial charge in [-0.25, -0.2) is 4.79 Å². The van der Waals surface area contributed by atoms with Crippen molar-refractivity contribution in [1.29, 1.82) is 0 Å². The second-order valence-corrected chi connectivity index (χ2v) is 20.3. The minimum Gasteiger partial charge on any atom is -0.458 e. The molecule has 2 aromatic rings. The summed E-state index contributed by atoms with van der Waals surface area (Å²) in [7, 11) is -2.86. The molecule has 0 N–H and O–H groups in total. The van der Waals surface area contributed by atoms with Gasteiger partial charge in [0.2, 0.25) is 0 Å². The van der Waals surface area contributed by atoms with Crippen LogP contribution in [0.15, 0.2) is 84.5 Å². The Hall–Kier alpha value is -2.96. The normalized spacial score (nSPS) is 23.8. The fourth-order valence-electron chi connectivity index (χ4n) is 9.00. The van der Waals surface area contributed by atoms with Crippen LogP contribution in [0.5, 0.6) is 0 Å². The molecule has 0 saturated heterocycles. The van der Waals surface area contributed by atoms with E-state index in [1.165, 1.54) is 38.2 Å². The van der Waals surface area contributed by atoms with E-state index in [1.54, 1.807) is 6.08 Å². The summed E-state index contributed by atoms with van der Waals surface area (Å²) < 4.78 is 18.3. The number of ether oxygens (including phenoxy) is 2. The number of fused-ring (bicyclic) bond motifs is 1. The zero-order valence-corrected chi connectivity index (χ0v) is 31.2. The molecule has 2 aliphatic rings. The molecule has 5 nitrogen and oxygen atoms in total. The highest BCUT2D eigenvalue weighted by Gasteiger charge is 2.53. The van der Waals surface area contributed by atoms with E-state index in [4.69, 9.17) is 13.9 Å². The van der Waals surface area contributed by atoms with Crippen LogP contribution >= 0.6 is 0 Å². The third-order valence-corrected chi connectivity index (χ3v) is 16.2. The first-order valence-corrected chi connectivity index (χ1v) is 19.4. The number of carbonyl (C=O) groups excluding carboxylic acids is 2. The molecule has 4 atom stereocenters. The number of allylic oxidation sites excluding steroid dienone is 2. The number of hydrogen-bond acceptors (Lipinski definition) is 5. The van der Waals surface area contributed by atoms with Crippen LogP contribution in [-0.4, -0.2) is 39.6 Å². The minimum absolute atomic E-state index is 0.0747. The van der Waals surface area contributed by atoms with Gasteiger partial charge < -0.3 is 13.9 Å². The van der Waals surface area contributed by atoms with Crippen LogP contribution in [0.25, 0.3) is 0 Å². The predicted octanol–water partition coefficient (Wildman–Crippen LogP) is 8.56. The number of rotatable bonds is 12. The zero-order chi connectivity index (χ0) is 34.5. The summed E-state index contributed by atoms with van der Waals surface area (Å²) >= 11 is 0. The third kappa shape index (κ3) is 8.37. The van der Waals surface area contributed by atoms with Crippen molar-refractivity contribution in [3.05, 3.63) is 84.5 Å². The van der Waals surface area contributed by atoms with Crippen LogP contribution in [0.4, 0.5) is 0 Å². The smallest absolute Gasteiger partial charge is 0.330 e. The van der Waals surface area contributed by atoms with Gasteiger partial charge in [0.1, 0.15) is 6.61 Å². The van der Waals surface area contributed by atoms with Gasteiger partial charge in [-0.2, -0.15) is 0 Å². The predicted molar refractivity (Wildman–Crippen MR) is 194 cm³/mol. The molecule has 0 unspecified atom stereocenters. The Morgan fingerprint density at radius 1 is 0.957 bits per heavy atom. The van der Waals surface area contributed by atoms with Crippen LogP contribution in [-0.2, 0) is 23.5 Å². The fourth-order valence-corrected chi connectivity index (χ4v) is 13.6. The van der Waals surface area contributed by atoms with Crippen molar-refractivity contribution in [2.75, 3.05) is 13.2 Å². The van der Waals surface area contributed by atoms with Gasteiger partial charge in [0.25, 0.3) is 8.32 Å². The number of carbonyl (C=O) groups is 2. The molecule has 0 bridgehead atoms. The molecule has 6 heteroatoms. The monoisotopic (exact) mass is 658 g/mol. The van der Waals surface area contributed by atoms with E-state index in [0.717, 1.165) is 35.2 Å². The Labute approximate surface area is 285 Å². The second-order valence-electron chi connectivity index (χ2n) is 16.0. The lowest BCUT2D eigenvalue weighted by Crippen LogP contribution is -2.67. The Morgan fingerprint density at radius 3 is 2.11 bits per heavy atom. The largest absolute Gasteiger partial charge is 0.458 e. The van der Waals surface area contributed by atoms with Gasteiger partial charge in [-0.1, -0.05) is 126 Å². The Kier molecular flexibility index (Phi) is 11.8. The Morgan fingerprint density at radius 2 is 1.55 bits per heavy atom. The standard InChI is InChI=1S/C41H58O5Si/c1-30(21-23-36-31(2)22-24-37-40(7,8)25-16-26-41(36,37)9)27-38(43)44-28-33(46-32(3)42)29-45-47(39(4,5)6,34-17-12-10-13-18-34)35-19-14-11-15-20-35/h10-15,17-20,27,33,36-37H,2,16,21-26,28-29H2,1,3-9H3/b30-27+/t33-,36+,37+,41-/m0/s1. The van der Waals surface area contributed by atoms with E-state index in [1.807, 2.05) is 43.3 Å². The van der Waals surface area contributed by atoms with E-state index < -0.39 is 26.4 Å². The van der Waals surface area contributed by atoms with Gasteiger partial charge in [-0.15, -0.1) is 0 Å². The van der Waals surface area contributed by atoms with Crippen LogP contribution in [0, 0.1) is 22.7 Å². The first-order valence-electron chi connectivity index (χ1n) is 17.5. The lowest BCUT2D eigenvalue weighted by atomic mass is 9.47. The van der Waals surface area contributed by atoms with Crippen molar-refractivity contribution in [3.63, 3.8) is 0 Å². The number of esters is 2. The van der Waals surface area contributed by atoms with Gasteiger partial charge in [0.05, 0.1) is 6.61 Å². The highest BCUT2D eigenvalue weighted by atomic mass is 28.4. The van der Waals surface area contributed by atoms with Gasteiger partial charge >= 0.3 is 11.9 Å². The van der Waals surface area contributed by atoms with Crippen LogP contribution in [0.3, 0.4) is 0 Å². The number of benzene rings is 2. The molecule has 2 saturated carbocycles. The second kappa shape index (κ2) is 15.1. The first kappa shape index (κ1) is 36.9. The molecule has 0 spiro atoms. The van der Waals surface area contributed by atoms with E-state index in [2.05, 4.69) is 72.4 Å². The van der Waals surface area contributed by atoms with Gasteiger partial charge in [0.15, 0.2) is 6.10 Å². The first-order chi connectivity index (χ1) is 22.1. The van der Waals surface area contributed by atoms with Gasteiger partial charge in [0, 0.05) is 13.0 Å². The average Bonchev–Trinajstić information content (AvgIpc) is 2.99. The van der Waals surface area contributed by atoms with Crippen molar-refractivity contribution in [3.8, 4) is 0 Å². The zero-order valence-electron chi connectivity index (χ0n) is 30.2. The van der Waals surface area contributed by atoms with E-state index in [-0.39, 0.29) is 23.7 Å². The molecule has 0 aliphatic heterocycles. The summed E-state index contributed by atoms with van der Waals surface area (Å²) in [5, 5.41) is 2.03. The summed E-state index contributed by atoms with van der Waals surface area (Å²) in [5.41, 5.74) is 3.00. The summed E-state index contributed by atoms with van der Waals surface area (Å²) in [5.74, 6) is 0.314. The highest BCUT2D eigenvalue weighted by Crippen LogP contribution is 2.61. The molecule has 0 aromatic heterocycles. The molecule has 0 radical (unpaired) electrons. The molecular formula is C41H58O5Si. The molecular weight excluding hydrogens is 601 g/mol. The SMILES string of the molecule is C=C1CC[C@@H]2C(C)(C)CCC[C@@]2(C)[C@@H]1CC/C(C)=C/C(=O)OC[C@@H](CO[Si](c1ccccc1)(c1ccccc1)C(C)(C)C)OC(C)=O.